The fraction of sp³-hybridized carbons (Fsp3) is 0.412. The first-order valence-corrected chi connectivity index (χ1v) is 7.27. The van der Waals surface area contributed by atoms with E-state index in [1.165, 1.54) is 0 Å². The van der Waals surface area contributed by atoms with Gasteiger partial charge in [-0.1, -0.05) is 44.2 Å². The SMILES string of the molecule is CC(C)NCc1c(OCC(O)CO)ccc2ccccc12. The van der Waals surface area contributed by atoms with Crippen molar-refractivity contribution in [3.8, 4) is 5.75 Å². The van der Waals surface area contributed by atoms with E-state index in [2.05, 4.69) is 31.3 Å². The number of aliphatic hydroxyl groups excluding tert-OH is 2. The van der Waals surface area contributed by atoms with Gasteiger partial charge < -0.3 is 20.3 Å². The molecule has 4 nitrogen and oxygen atoms in total. The van der Waals surface area contributed by atoms with Crippen LogP contribution in [0.4, 0.5) is 0 Å². The minimum Gasteiger partial charge on any atom is -0.490 e. The van der Waals surface area contributed by atoms with Crippen molar-refractivity contribution >= 4 is 10.8 Å². The van der Waals surface area contributed by atoms with Gasteiger partial charge in [-0.05, 0) is 16.8 Å². The summed E-state index contributed by atoms with van der Waals surface area (Å²) < 4.78 is 5.68. The lowest BCUT2D eigenvalue weighted by atomic mass is 10.0. The molecule has 1 atom stereocenters. The Hall–Kier alpha value is -1.62. The first-order valence-electron chi connectivity index (χ1n) is 7.27. The number of rotatable bonds is 7. The number of fused-ring (bicyclic) bond motifs is 1. The van der Waals surface area contributed by atoms with Crippen LogP contribution in [0, 0.1) is 0 Å². The highest BCUT2D eigenvalue weighted by Gasteiger charge is 2.11. The standard InChI is InChI=1S/C17H23NO3/c1-12(2)18-9-16-15-6-4-3-5-13(15)7-8-17(16)21-11-14(20)10-19/h3-8,12,14,18-20H,9-11H2,1-2H3. The van der Waals surface area contributed by atoms with E-state index < -0.39 is 6.10 Å². The van der Waals surface area contributed by atoms with Crippen LogP contribution in [-0.2, 0) is 6.54 Å². The summed E-state index contributed by atoms with van der Waals surface area (Å²) in [5.74, 6) is 0.745. The van der Waals surface area contributed by atoms with Crippen LogP contribution in [0.1, 0.15) is 19.4 Å². The molecule has 1 unspecified atom stereocenters. The smallest absolute Gasteiger partial charge is 0.124 e. The summed E-state index contributed by atoms with van der Waals surface area (Å²) >= 11 is 0. The monoisotopic (exact) mass is 289 g/mol. The van der Waals surface area contributed by atoms with Gasteiger partial charge >= 0.3 is 0 Å². The van der Waals surface area contributed by atoms with Crippen LogP contribution in [0.5, 0.6) is 5.75 Å². The molecule has 2 rings (SSSR count). The molecule has 0 spiro atoms. The van der Waals surface area contributed by atoms with Gasteiger partial charge in [0.15, 0.2) is 0 Å². The van der Waals surface area contributed by atoms with Crippen molar-refractivity contribution < 1.29 is 14.9 Å². The predicted molar refractivity (Wildman–Crippen MR) is 84.5 cm³/mol. The Balaban J connectivity index is 2.31. The second-order valence-electron chi connectivity index (χ2n) is 5.45. The van der Waals surface area contributed by atoms with Crippen molar-refractivity contribution in [2.75, 3.05) is 13.2 Å². The third-order valence-electron chi connectivity index (χ3n) is 3.33. The van der Waals surface area contributed by atoms with E-state index in [4.69, 9.17) is 9.84 Å². The molecule has 0 aromatic heterocycles. The molecule has 0 saturated carbocycles. The molecule has 0 heterocycles. The van der Waals surface area contributed by atoms with E-state index in [-0.39, 0.29) is 13.2 Å². The second kappa shape index (κ2) is 7.41. The lowest BCUT2D eigenvalue weighted by molar-refractivity contribution is 0.0533. The third-order valence-corrected chi connectivity index (χ3v) is 3.33. The molecule has 0 saturated heterocycles. The summed E-state index contributed by atoms with van der Waals surface area (Å²) in [6.07, 6.45) is -0.859. The van der Waals surface area contributed by atoms with Gasteiger partial charge in [-0.25, -0.2) is 0 Å². The zero-order valence-electron chi connectivity index (χ0n) is 12.5. The van der Waals surface area contributed by atoms with E-state index in [0.29, 0.717) is 12.6 Å². The molecule has 0 aliphatic heterocycles. The van der Waals surface area contributed by atoms with Gasteiger partial charge in [0.2, 0.25) is 0 Å². The largest absolute Gasteiger partial charge is 0.490 e. The number of hydrogen-bond acceptors (Lipinski definition) is 4. The molecule has 4 heteroatoms. The fourth-order valence-electron chi connectivity index (χ4n) is 2.18. The highest BCUT2D eigenvalue weighted by molar-refractivity contribution is 5.87. The lowest BCUT2D eigenvalue weighted by Crippen LogP contribution is -2.24. The first kappa shape index (κ1) is 15.8. The Morgan fingerprint density at radius 2 is 1.90 bits per heavy atom. The van der Waals surface area contributed by atoms with Crippen molar-refractivity contribution in [2.45, 2.75) is 32.5 Å². The van der Waals surface area contributed by atoms with E-state index in [9.17, 15) is 5.11 Å². The summed E-state index contributed by atoms with van der Waals surface area (Å²) in [6, 6.07) is 12.5. The maximum atomic E-state index is 9.45. The molecular formula is C17H23NO3. The van der Waals surface area contributed by atoms with Gasteiger partial charge in [0, 0.05) is 18.2 Å². The predicted octanol–water partition coefficient (Wildman–Crippen LogP) is 2.07. The zero-order chi connectivity index (χ0) is 15.2. The molecule has 0 bridgehead atoms. The van der Waals surface area contributed by atoms with Crippen molar-refractivity contribution in [2.24, 2.45) is 0 Å². The Kier molecular flexibility index (Phi) is 5.56. The van der Waals surface area contributed by atoms with Crippen molar-refractivity contribution in [3.05, 3.63) is 42.0 Å². The number of nitrogens with one attached hydrogen (secondary N) is 1. The molecular weight excluding hydrogens is 266 g/mol. The molecule has 0 aliphatic carbocycles. The summed E-state index contributed by atoms with van der Waals surface area (Å²) in [5, 5.41) is 24.0. The maximum Gasteiger partial charge on any atom is 0.124 e. The lowest BCUT2D eigenvalue weighted by Gasteiger charge is -2.17. The van der Waals surface area contributed by atoms with Crippen molar-refractivity contribution in [1.82, 2.24) is 5.32 Å². The minimum absolute atomic E-state index is 0.0868. The van der Waals surface area contributed by atoms with E-state index >= 15 is 0 Å². The summed E-state index contributed by atoms with van der Waals surface area (Å²) in [6.45, 7) is 4.68. The molecule has 0 radical (unpaired) electrons. The van der Waals surface area contributed by atoms with Crippen LogP contribution in [0.15, 0.2) is 36.4 Å². The Morgan fingerprint density at radius 1 is 1.14 bits per heavy atom. The molecule has 114 valence electrons. The van der Waals surface area contributed by atoms with E-state index in [1.807, 2.05) is 24.3 Å². The average molecular weight is 289 g/mol. The number of aliphatic hydroxyl groups is 2. The normalized spacial score (nSPS) is 12.8. The molecule has 0 amide bonds. The third kappa shape index (κ3) is 4.17. The van der Waals surface area contributed by atoms with Crippen LogP contribution in [0.3, 0.4) is 0 Å². The van der Waals surface area contributed by atoms with E-state index in [1.54, 1.807) is 0 Å². The fourth-order valence-corrected chi connectivity index (χ4v) is 2.18. The van der Waals surface area contributed by atoms with Gasteiger partial charge in [-0.15, -0.1) is 0 Å². The highest BCUT2D eigenvalue weighted by Crippen LogP contribution is 2.28. The number of benzene rings is 2. The summed E-state index contributed by atoms with van der Waals surface area (Å²) in [7, 11) is 0. The van der Waals surface area contributed by atoms with Crippen LogP contribution in [0.2, 0.25) is 0 Å². The average Bonchev–Trinajstić information content (AvgIpc) is 2.50. The first-order chi connectivity index (χ1) is 10.1. The van der Waals surface area contributed by atoms with Crippen LogP contribution in [-0.4, -0.2) is 35.6 Å². The Labute approximate surface area is 125 Å². The van der Waals surface area contributed by atoms with E-state index in [0.717, 1.165) is 22.1 Å². The summed E-state index contributed by atoms with van der Waals surface area (Å²) in [4.78, 5) is 0. The summed E-state index contributed by atoms with van der Waals surface area (Å²) in [5.41, 5.74) is 1.08. The quantitative estimate of drug-likeness (QED) is 0.730. The minimum atomic E-state index is -0.859. The Morgan fingerprint density at radius 3 is 2.62 bits per heavy atom. The molecule has 2 aromatic rings. The topological polar surface area (TPSA) is 61.7 Å². The van der Waals surface area contributed by atoms with Gasteiger partial charge in [-0.2, -0.15) is 0 Å². The molecule has 0 fully saturated rings. The van der Waals surface area contributed by atoms with Crippen molar-refractivity contribution in [3.63, 3.8) is 0 Å². The zero-order valence-corrected chi connectivity index (χ0v) is 12.5. The molecule has 2 aromatic carbocycles. The second-order valence-corrected chi connectivity index (χ2v) is 5.45. The van der Waals surface area contributed by atoms with Gasteiger partial charge in [0.1, 0.15) is 18.5 Å². The maximum absolute atomic E-state index is 9.45. The molecule has 3 N–H and O–H groups in total. The molecule has 0 aliphatic rings. The Bertz CT molecular complexity index is 583. The van der Waals surface area contributed by atoms with Crippen molar-refractivity contribution in [1.29, 1.82) is 0 Å². The van der Waals surface area contributed by atoms with Crippen LogP contribution < -0.4 is 10.1 Å². The van der Waals surface area contributed by atoms with Gasteiger partial charge in [0.25, 0.3) is 0 Å². The van der Waals surface area contributed by atoms with Gasteiger partial charge in [-0.3, -0.25) is 0 Å². The number of hydrogen-bond donors (Lipinski definition) is 3. The van der Waals surface area contributed by atoms with Gasteiger partial charge in [0.05, 0.1) is 6.61 Å². The highest BCUT2D eigenvalue weighted by atomic mass is 16.5. The van der Waals surface area contributed by atoms with Crippen LogP contribution >= 0.6 is 0 Å². The number of ether oxygens (including phenoxy) is 1. The van der Waals surface area contributed by atoms with Crippen LogP contribution in [0.25, 0.3) is 10.8 Å². The molecule has 21 heavy (non-hydrogen) atoms.